The topological polar surface area (TPSA) is 79.8 Å². The maximum absolute atomic E-state index is 12.6. The second-order valence-electron chi connectivity index (χ2n) is 6.94. The highest BCUT2D eigenvalue weighted by Gasteiger charge is 2.14. The van der Waals surface area contributed by atoms with Gasteiger partial charge in [0.05, 0.1) is 11.3 Å². The van der Waals surface area contributed by atoms with Crippen LogP contribution in [-0.2, 0) is 17.8 Å². The van der Waals surface area contributed by atoms with Crippen molar-refractivity contribution < 1.29 is 4.79 Å². The van der Waals surface area contributed by atoms with Gasteiger partial charge in [-0.2, -0.15) is 0 Å². The van der Waals surface area contributed by atoms with E-state index in [1.807, 2.05) is 45.0 Å². The number of benzene rings is 1. The fourth-order valence-electron chi connectivity index (χ4n) is 3.15. The number of amides is 1. The van der Waals surface area contributed by atoms with Gasteiger partial charge in [0, 0.05) is 18.3 Å². The van der Waals surface area contributed by atoms with Crippen LogP contribution >= 0.6 is 11.8 Å². The van der Waals surface area contributed by atoms with Crippen LogP contribution in [0, 0.1) is 6.92 Å². The van der Waals surface area contributed by atoms with Crippen molar-refractivity contribution in [1.82, 2.24) is 19.9 Å². The normalized spacial score (nSPS) is 12.2. The van der Waals surface area contributed by atoms with Crippen LogP contribution in [-0.4, -0.2) is 32.2 Å². The quantitative estimate of drug-likeness (QED) is 0.451. The van der Waals surface area contributed by atoms with E-state index in [9.17, 15) is 9.59 Å². The summed E-state index contributed by atoms with van der Waals surface area (Å²) in [6.45, 7) is 6.33. The first-order valence-electron chi connectivity index (χ1n) is 9.54. The molecule has 28 heavy (non-hydrogen) atoms. The minimum Gasteiger partial charge on any atom is -0.353 e. The number of nitrogens with zero attached hydrogens (tertiary/aromatic N) is 2. The van der Waals surface area contributed by atoms with E-state index in [0.29, 0.717) is 22.7 Å². The Labute approximate surface area is 168 Å². The number of aryl methyl sites for hydroxylation is 2. The minimum atomic E-state index is -0.0975. The Morgan fingerprint density at radius 3 is 2.79 bits per heavy atom. The van der Waals surface area contributed by atoms with Crippen molar-refractivity contribution in [2.45, 2.75) is 51.4 Å². The molecule has 0 bridgehead atoms. The van der Waals surface area contributed by atoms with Crippen LogP contribution in [0.2, 0.25) is 0 Å². The first-order chi connectivity index (χ1) is 13.5. The summed E-state index contributed by atoms with van der Waals surface area (Å²) in [5.74, 6) is 0.185. The van der Waals surface area contributed by atoms with E-state index in [4.69, 9.17) is 0 Å². The Kier molecular flexibility index (Phi) is 6.57. The summed E-state index contributed by atoms with van der Waals surface area (Å²) < 4.78 is 1.61. The highest BCUT2D eigenvalue weighted by molar-refractivity contribution is 7.99. The maximum atomic E-state index is 12.6. The molecule has 1 atom stereocenters. The number of aromatic amines is 1. The van der Waals surface area contributed by atoms with E-state index in [1.165, 1.54) is 17.3 Å². The lowest BCUT2D eigenvalue weighted by Crippen LogP contribution is -2.34. The van der Waals surface area contributed by atoms with Crippen molar-refractivity contribution in [2.75, 3.05) is 5.75 Å². The molecular formula is C21H26N4O2S. The Morgan fingerprint density at radius 2 is 2.07 bits per heavy atom. The number of nitrogens with one attached hydrogen (secondary N) is 2. The van der Waals surface area contributed by atoms with Gasteiger partial charge in [-0.3, -0.25) is 14.2 Å². The van der Waals surface area contributed by atoms with Gasteiger partial charge in [-0.15, -0.1) is 0 Å². The number of fused-ring (bicyclic) bond motifs is 1. The van der Waals surface area contributed by atoms with E-state index in [-0.39, 0.29) is 23.3 Å². The Balaban J connectivity index is 1.58. The van der Waals surface area contributed by atoms with E-state index < -0.39 is 0 Å². The molecule has 148 valence electrons. The van der Waals surface area contributed by atoms with E-state index in [2.05, 4.69) is 27.4 Å². The number of rotatable bonds is 8. The van der Waals surface area contributed by atoms with Crippen LogP contribution in [0.3, 0.4) is 0 Å². The number of H-pyrrole nitrogens is 1. The molecule has 6 nitrogen and oxygen atoms in total. The molecule has 0 aliphatic rings. The van der Waals surface area contributed by atoms with Crippen molar-refractivity contribution in [3.05, 3.63) is 58.0 Å². The molecule has 0 spiro atoms. The molecular weight excluding hydrogens is 372 g/mol. The molecule has 0 aliphatic carbocycles. The summed E-state index contributed by atoms with van der Waals surface area (Å²) in [5.41, 5.74) is 3.23. The average molecular weight is 399 g/mol. The minimum absolute atomic E-state index is 0.0483. The molecule has 0 saturated carbocycles. The Morgan fingerprint density at radius 1 is 1.32 bits per heavy atom. The van der Waals surface area contributed by atoms with Crippen molar-refractivity contribution in [3.63, 3.8) is 0 Å². The zero-order valence-electron chi connectivity index (χ0n) is 16.5. The largest absolute Gasteiger partial charge is 0.353 e. The predicted molar refractivity (Wildman–Crippen MR) is 114 cm³/mol. The number of aromatic nitrogens is 3. The third-order valence-corrected chi connectivity index (χ3v) is 5.58. The van der Waals surface area contributed by atoms with Gasteiger partial charge in [0.2, 0.25) is 5.91 Å². The fourth-order valence-corrected chi connectivity index (χ4v) is 4.02. The highest BCUT2D eigenvalue weighted by atomic mass is 32.2. The van der Waals surface area contributed by atoms with Gasteiger partial charge in [0.15, 0.2) is 5.16 Å². The third-order valence-electron chi connectivity index (χ3n) is 4.60. The molecule has 3 rings (SSSR count). The molecule has 1 aromatic carbocycles. The first-order valence-corrected chi connectivity index (χ1v) is 10.5. The Bertz CT molecular complexity index is 1010. The molecule has 0 radical (unpaired) electrons. The zero-order chi connectivity index (χ0) is 20.1. The number of hydrogen-bond donors (Lipinski definition) is 2. The van der Waals surface area contributed by atoms with E-state index >= 15 is 0 Å². The van der Waals surface area contributed by atoms with Crippen molar-refractivity contribution in [3.8, 4) is 0 Å². The highest BCUT2D eigenvalue weighted by Crippen LogP contribution is 2.18. The zero-order valence-corrected chi connectivity index (χ0v) is 17.3. The van der Waals surface area contributed by atoms with Gasteiger partial charge >= 0.3 is 0 Å². The molecule has 0 fully saturated rings. The van der Waals surface area contributed by atoms with Gasteiger partial charge in [0.1, 0.15) is 5.52 Å². The first kappa shape index (κ1) is 20.2. The second-order valence-corrected chi connectivity index (χ2v) is 7.88. The smallest absolute Gasteiger partial charge is 0.278 e. The van der Waals surface area contributed by atoms with Crippen LogP contribution in [0.4, 0.5) is 0 Å². The van der Waals surface area contributed by atoms with Crippen LogP contribution in [0.1, 0.15) is 31.5 Å². The average Bonchev–Trinajstić information content (AvgIpc) is 3.06. The van der Waals surface area contributed by atoms with Gasteiger partial charge < -0.3 is 10.3 Å². The van der Waals surface area contributed by atoms with Crippen LogP contribution < -0.4 is 10.9 Å². The number of thioether (sulfide) groups is 1. The van der Waals surface area contributed by atoms with Crippen molar-refractivity contribution >= 4 is 28.7 Å². The number of carbonyl (C=O) groups excluding carboxylic acids is 1. The van der Waals surface area contributed by atoms with Gasteiger partial charge in [-0.05, 0) is 45.2 Å². The number of hydrogen-bond acceptors (Lipinski definition) is 4. The molecule has 7 heteroatoms. The molecule has 3 aromatic rings. The van der Waals surface area contributed by atoms with Crippen LogP contribution in [0.15, 0.2) is 46.3 Å². The predicted octanol–water partition coefficient (Wildman–Crippen LogP) is 3.28. The van der Waals surface area contributed by atoms with Gasteiger partial charge in [0.25, 0.3) is 5.56 Å². The monoisotopic (exact) mass is 398 g/mol. The summed E-state index contributed by atoms with van der Waals surface area (Å²) in [6, 6.07) is 12.2. The van der Waals surface area contributed by atoms with Gasteiger partial charge in [-0.25, -0.2) is 4.98 Å². The van der Waals surface area contributed by atoms with Crippen LogP contribution in [0.5, 0.6) is 0 Å². The van der Waals surface area contributed by atoms with Crippen molar-refractivity contribution in [1.29, 1.82) is 0 Å². The van der Waals surface area contributed by atoms with Crippen LogP contribution in [0.25, 0.3) is 11.0 Å². The summed E-state index contributed by atoms with van der Waals surface area (Å²) >= 11 is 1.30. The van der Waals surface area contributed by atoms with E-state index in [1.54, 1.807) is 4.57 Å². The molecule has 2 aromatic heterocycles. The molecule has 0 saturated heterocycles. The standard InChI is InChI=1S/C21H26N4O2S/c1-4-25-20(27)19-17(12-15(3)23-19)24-21(25)28-13-18(26)22-14(2)10-11-16-8-6-5-7-9-16/h5-9,12,14,23H,4,10-11,13H2,1-3H3,(H,22,26)/t14-/m1/s1. The lowest BCUT2D eigenvalue weighted by molar-refractivity contribution is -0.119. The van der Waals surface area contributed by atoms with Crippen molar-refractivity contribution in [2.24, 2.45) is 0 Å². The lowest BCUT2D eigenvalue weighted by atomic mass is 10.1. The molecule has 1 amide bonds. The fraction of sp³-hybridized carbons (Fsp3) is 0.381. The summed E-state index contributed by atoms with van der Waals surface area (Å²) in [6.07, 6.45) is 1.81. The Hall–Kier alpha value is -2.54. The summed E-state index contributed by atoms with van der Waals surface area (Å²) in [4.78, 5) is 32.6. The molecule has 0 aliphatic heterocycles. The third kappa shape index (κ3) is 4.84. The molecule has 2 N–H and O–H groups in total. The summed E-state index contributed by atoms with van der Waals surface area (Å²) in [7, 11) is 0. The molecule has 0 unspecified atom stereocenters. The number of carbonyl (C=O) groups is 1. The maximum Gasteiger partial charge on any atom is 0.278 e. The second kappa shape index (κ2) is 9.10. The summed E-state index contributed by atoms with van der Waals surface area (Å²) in [5, 5.41) is 3.61. The van der Waals surface area contributed by atoms with Gasteiger partial charge in [-0.1, -0.05) is 42.1 Å². The molecule has 2 heterocycles. The van der Waals surface area contributed by atoms with E-state index in [0.717, 1.165) is 18.5 Å². The lowest BCUT2D eigenvalue weighted by Gasteiger charge is -2.14. The SMILES string of the molecule is CCn1c(SCC(=O)N[C@H](C)CCc2ccccc2)nc2cc(C)[nH]c2c1=O.